The van der Waals surface area contributed by atoms with Crippen molar-refractivity contribution in [3.05, 3.63) is 90.1 Å². The topological polar surface area (TPSA) is 64.4 Å². The molecule has 4 rings (SSSR count). The van der Waals surface area contributed by atoms with Crippen LogP contribution < -0.4 is 10.1 Å². The second-order valence-electron chi connectivity index (χ2n) is 6.58. The van der Waals surface area contributed by atoms with Crippen molar-refractivity contribution in [2.24, 2.45) is 0 Å². The second kappa shape index (κ2) is 8.02. The summed E-state index contributed by atoms with van der Waals surface area (Å²) >= 11 is 0. The summed E-state index contributed by atoms with van der Waals surface area (Å²) in [7, 11) is 1.62. The number of amides is 1. The molecule has 0 fully saturated rings. The molecular weight excluding hydrogens is 364 g/mol. The van der Waals surface area contributed by atoms with E-state index in [4.69, 9.17) is 9.15 Å². The van der Waals surface area contributed by atoms with Crippen LogP contribution in [-0.4, -0.2) is 18.0 Å². The molecule has 5 nitrogen and oxygen atoms in total. The molecule has 1 N–H and O–H groups in total. The number of methoxy groups -OCH3 is 1. The molecule has 0 saturated heterocycles. The monoisotopic (exact) mass is 384 g/mol. The van der Waals surface area contributed by atoms with Crippen LogP contribution in [0.2, 0.25) is 0 Å². The molecule has 1 heterocycles. The fourth-order valence-electron chi connectivity index (χ4n) is 3.08. The lowest BCUT2D eigenvalue weighted by atomic mass is 10.1. The molecule has 0 saturated carbocycles. The van der Waals surface area contributed by atoms with Crippen LogP contribution in [0.3, 0.4) is 0 Å². The van der Waals surface area contributed by atoms with Crippen molar-refractivity contribution < 1.29 is 13.9 Å². The van der Waals surface area contributed by atoms with Gasteiger partial charge in [-0.25, -0.2) is 4.98 Å². The van der Waals surface area contributed by atoms with Crippen LogP contribution in [0.25, 0.3) is 22.8 Å². The number of carbonyl (C=O) groups excluding carboxylic acids is 1. The van der Waals surface area contributed by atoms with Crippen LogP contribution in [0.4, 0.5) is 5.69 Å². The molecule has 0 aliphatic carbocycles. The van der Waals surface area contributed by atoms with Crippen LogP contribution in [0.5, 0.6) is 5.75 Å². The standard InChI is InChI=1S/C24H20N2O3/c1-16-8-3-6-13-21(16)26-23(27)19-11-4-5-12-20(19)24-25-15-22(29-24)17-9-7-10-18(14-17)28-2/h3-15H,1-2H3,(H,26,27). The number of para-hydroxylation sites is 1. The molecule has 1 amide bonds. The van der Waals surface area contributed by atoms with Gasteiger partial charge in [-0.1, -0.05) is 42.5 Å². The lowest BCUT2D eigenvalue weighted by Gasteiger charge is -2.10. The fraction of sp³-hybridized carbons (Fsp3) is 0.0833. The molecule has 0 bridgehead atoms. The van der Waals surface area contributed by atoms with Crippen LogP contribution in [0.15, 0.2) is 83.4 Å². The Labute approximate surface area is 169 Å². The van der Waals surface area contributed by atoms with Crippen molar-refractivity contribution in [3.63, 3.8) is 0 Å². The number of hydrogen-bond donors (Lipinski definition) is 1. The Morgan fingerprint density at radius 1 is 1.00 bits per heavy atom. The number of aryl methyl sites for hydroxylation is 1. The molecule has 1 aromatic heterocycles. The minimum Gasteiger partial charge on any atom is -0.497 e. The quantitative estimate of drug-likeness (QED) is 0.488. The predicted octanol–water partition coefficient (Wildman–Crippen LogP) is 5.58. The second-order valence-corrected chi connectivity index (χ2v) is 6.58. The molecule has 0 aliphatic rings. The first-order valence-electron chi connectivity index (χ1n) is 9.22. The Morgan fingerprint density at radius 3 is 2.62 bits per heavy atom. The smallest absolute Gasteiger partial charge is 0.256 e. The number of hydrogen-bond acceptors (Lipinski definition) is 4. The number of benzene rings is 3. The van der Waals surface area contributed by atoms with Gasteiger partial charge in [0.15, 0.2) is 5.76 Å². The van der Waals surface area contributed by atoms with Gasteiger partial charge in [0.25, 0.3) is 5.91 Å². The van der Waals surface area contributed by atoms with Crippen molar-refractivity contribution >= 4 is 11.6 Å². The van der Waals surface area contributed by atoms with Crippen molar-refractivity contribution in [1.29, 1.82) is 0 Å². The van der Waals surface area contributed by atoms with Gasteiger partial charge in [0, 0.05) is 16.8 Å². The van der Waals surface area contributed by atoms with Gasteiger partial charge < -0.3 is 14.5 Å². The summed E-state index contributed by atoms with van der Waals surface area (Å²) in [6.45, 7) is 1.95. The van der Waals surface area contributed by atoms with Gasteiger partial charge in [0.2, 0.25) is 5.89 Å². The number of anilines is 1. The highest BCUT2D eigenvalue weighted by Gasteiger charge is 2.17. The normalized spacial score (nSPS) is 10.6. The van der Waals surface area contributed by atoms with E-state index in [-0.39, 0.29) is 5.91 Å². The number of oxazole rings is 1. The van der Waals surface area contributed by atoms with E-state index in [1.165, 1.54) is 0 Å². The summed E-state index contributed by atoms with van der Waals surface area (Å²) in [6, 6.07) is 22.5. The highest BCUT2D eigenvalue weighted by Crippen LogP contribution is 2.30. The maximum Gasteiger partial charge on any atom is 0.256 e. The molecular formula is C24H20N2O3. The van der Waals surface area contributed by atoms with E-state index in [1.807, 2.05) is 73.7 Å². The molecule has 0 unspecified atom stereocenters. The third-order valence-corrected chi connectivity index (χ3v) is 4.66. The Kier molecular flexibility index (Phi) is 5.12. The third kappa shape index (κ3) is 3.89. The van der Waals surface area contributed by atoms with Crippen molar-refractivity contribution in [2.75, 3.05) is 12.4 Å². The van der Waals surface area contributed by atoms with E-state index < -0.39 is 0 Å². The van der Waals surface area contributed by atoms with Gasteiger partial charge in [-0.15, -0.1) is 0 Å². The van der Waals surface area contributed by atoms with Gasteiger partial charge >= 0.3 is 0 Å². The number of carbonyl (C=O) groups is 1. The highest BCUT2D eigenvalue weighted by molar-refractivity contribution is 6.08. The molecule has 0 spiro atoms. The van der Waals surface area contributed by atoms with Crippen molar-refractivity contribution in [2.45, 2.75) is 6.92 Å². The molecule has 4 aromatic rings. The van der Waals surface area contributed by atoms with Crippen LogP contribution >= 0.6 is 0 Å². The first-order valence-corrected chi connectivity index (χ1v) is 9.22. The van der Waals surface area contributed by atoms with Crippen LogP contribution in [-0.2, 0) is 0 Å². The first kappa shape index (κ1) is 18.5. The molecule has 0 radical (unpaired) electrons. The molecule has 0 aliphatic heterocycles. The van der Waals surface area contributed by atoms with Crippen molar-refractivity contribution in [3.8, 4) is 28.5 Å². The lowest BCUT2D eigenvalue weighted by molar-refractivity contribution is 0.102. The fourth-order valence-corrected chi connectivity index (χ4v) is 3.08. The van der Waals surface area contributed by atoms with Crippen LogP contribution in [0.1, 0.15) is 15.9 Å². The Morgan fingerprint density at radius 2 is 1.79 bits per heavy atom. The maximum atomic E-state index is 12.9. The van der Waals surface area contributed by atoms with Crippen molar-refractivity contribution in [1.82, 2.24) is 4.98 Å². The highest BCUT2D eigenvalue weighted by atomic mass is 16.5. The zero-order valence-corrected chi connectivity index (χ0v) is 16.2. The Hall–Kier alpha value is -3.86. The van der Waals surface area contributed by atoms with E-state index in [0.29, 0.717) is 22.8 Å². The zero-order chi connectivity index (χ0) is 20.2. The Bertz CT molecular complexity index is 1160. The van der Waals surface area contributed by atoms with E-state index in [1.54, 1.807) is 19.4 Å². The average molecular weight is 384 g/mol. The first-order chi connectivity index (χ1) is 14.2. The minimum absolute atomic E-state index is 0.212. The summed E-state index contributed by atoms with van der Waals surface area (Å²) in [6.07, 6.45) is 1.65. The molecule has 5 heteroatoms. The molecule has 144 valence electrons. The van der Waals surface area contributed by atoms with Crippen LogP contribution in [0, 0.1) is 6.92 Å². The summed E-state index contributed by atoms with van der Waals surface area (Å²) < 4.78 is 11.2. The number of nitrogens with one attached hydrogen (secondary N) is 1. The van der Waals surface area contributed by atoms with E-state index in [9.17, 15) is 4.79 Å². The zero-order valence-electron chi connectivity index (χ0n) is 16.2. The summed E-state index contributed by atoms with van der Waals surface area (Å²) in [5, 5.41) is 2.97. The largest absolute Gasteiger partial charge is 0.497 e. The summed E-state index contributed by atoms with van der Waals surface area (Å²) in [5.74, 6) is 1.51. The number of ether oxygens (including phenoxy) is 1. The van der Waals surface area contributed by atoms with Gasteiger partial charge in [0.05, 0.1) is 18.9 Å². The maximum absolute atomic E-state index is 12.9. The molecule has 29 heavy (non-hydrogen) atoms. The molecule has 0 atom stereocenters. The number of rotatable bonds is 5. The predicted molar refractivity (Wildman–Crippen MR) is 113 cm³/mol. The lowest BCUT2D eigenvalue weighted by Crippen LogP contribution is -2.13. The minimum atomic E-state index is -0.212. The summed E-state index contributed by atoms with van der Waals surface area (Å²) in [4.78, 5) is 17.3. The Balaban J connectivity index is 1.66. The SMILES string of the molecule is COc1cccc(-c2cnc(-c3ccccc3C(=O)Nc3ccccc3C)o2)c1. The molecule has 3 aromatic carbocycles. The van der Waals surface area contributed by atoms with Gasteiger partial charge in [0.1, 0.15) is 5.75 Å². The number of nitrogens with zero attached hydrogens (tertiary/aromatic N) is 1. The van der Waals surface area contributed by atoms with Gasteiger partial charge in [-0.2, -0.15) is 0 Å². The summed E-state index contributed by atoms with van der Waals surface area (Å²) in [5.41, 5.74) is 3.75. The van der Waals surface area contributed by atoms with Gasteiger partial charge in [-0.3, -0.25) is 4.79 Å². The number of aromatic nitrogens is 1. The van der Waals surface area contributed by atoms with E-state index >= 15 is 0 Å². The third-order valence-electron chi connectivity index (χ3n) is 4.66. The van der Waals surface area contributed by atoms with E-state index in [0.717, 1.165) is 22.6 Å². The van der Waals surface area contributed by atoms with Gasteiger partial charge in [-0.05, 0) is 42.8 Å². The average Bonchev–Trinajstić information content (AvgIpc) is 3.25. The van der Waals surface area contributed by atoms with E-state index in [2.05, 4.69) is 10.3 Å².